The van der Waals surface area contributed by atoms with Crippen molar-refractivity contribution in [3.05, 3.63) is 29.6 Å². The van der Waals surface area contributed by atoms with Crippen molar-refractivity contribution >= 4 is 23.5 Å². The van der Waals surface area contributed by atoms with Crippen LogP contribution in [-0.4, -0.2) is 46.7 Å². The fourth-order valence-electron chi connectivity index (χ4n) is 2.56. The molecule has 4 nitrogen and oxygen atoms in total. The summed E-state index contributed by atoms with van der Waals surface area (Å²) in [6.45, 7) is 2.01. The molecule has 1 saturated heterocycles. The van der Waals surface area contributed by atoms with Crippen LogP contribution in [0.1, 0.15) is 18.4 Å². The van der Waals surface area contributed by atoms with Gasteiger partial charge in [-0.2, -0.15) is 11.8 Å². The third kappa shape index (κ3) is 4.61. The molecule has 1 aromatic rings. The van der Waals surface area contributed by atoms with Crippen molar-refractivity contribution in [1.82, 2.24) is 4.90 Å². The van der Waals surface area contributed by atoms with E-state index in [1.165, 1.54) is 12.1 Å². The van der Waals surface area contributed by atoms with E-state index >= 15 is 0 Å². The Hall–Kier alpha value is -1.27. The Morgan fingerprint density at radius 1 is 1.43 bits per heavy atom. The molecule has 0 aliphatic carbocycles. The molecule has 116 valence electrons. The van der Waals surface area contributed by atoms with Gasteiger partial charge in [-0.15, -0.1) is 0 Å². The predicted molar refractivity (Wildman–Crippen MR) is 84.3 cm³/mol. The topological polar surface area (TPSA) is 52.6 Å². The van der Waals surface area contributed by atoms with Gasteiger partial charge in [-0.25, -0.2) is 9.18 Å². The second kappa shape index (κ2) is 7.66. The summed E-state index contributed by atoms with van der Waals surface area (Å²) in [5.74, 6) is 1.69. The zero-order valence-corrected chi connectivity index (χ0v) is 13.0. The summed E-state index contributed by atoms with van der Waals surface area (Å²) in [6, 6.07) is 4.33. The lowest BCUT2D eigenvalue weighted by Crippen LogP contribution is -2.46. The highest BCUT2D eigenvalue weighted by atomic mass is 32.2. The van der Waals surface area contributed by atoms with Gasteiger partial charge in [0.2, 0.25) is 0 Å². The lowest BCUT2D eigenvalue weighted by Gasteiger charge is -2.33. The first-order chi connectivity index (χ1) is 10.1. The minimum atomic E-state index is -0.368. The maximum absolute atomic E-state index is 13.4. The summed E-state index contributed by atoms with van der Waals surface area (Å²) in [5.41, 5.74) is 1.21. The number of aliphatic hydroxyl groups is 1. The zero-order valence-electron chi connectivity index (χ0n) is 12.1. The van der Waals surface area contributed by atoms with Crippen LogP contribution in [0.5, 0.6) is 0 Å². The second-order valence-corrected chi connectivity index (χ2v) is 6.43. The molecule has 0 spiro atoms. The van der Waals surface area contributed by atoms with E-state index in [4.69, 9.17) is 0 Å². The molecule has 1 aliphatic rings. The normalized spacial score (nSPS) is 15.8. The molecule has 0 saturated carbocycles. The first-order valence-corrected chi connectivity index (χ1v) is 8.29. The highest BCUT2D eigenvalue weighted by Gasteiger charge is 2.25. The molecule has 0 aromatic heterocycles. The number of amides is 2. The fraction of sp³-hybridized carbons (Fsp3) is 0.533. The van der Waals surface area contributed by atoms with E-state index in [1.54, 1.807) is 17.9 Å². The van der Waals surface area contributed by atoms with E-state index in [2.05, 4.69) is 5.32 Å². The summed E-state index contributed by atoms with van der Waals surface area (Å²) in [7, 11) is 0. The number of nitrogens with zero attached hydrogens (tertiary/aromatic N) is 1. The molecule has 1 heterocycles. The Balaban J connectivity index is 2.06. The number of thioether (sulfide) groups is 1. The van der Waals surface area contributed by atoms with Crippen molar-refractivity contribution in [3.8, 4) is 0 Å². The Kier molecular flexibility index (Phi) is 5.87. The maximum atomic E-state index is 13.4. The van der Waals surface area contributed by atoms with E-state index in [0.29, 0.717) is 12.2 Å². The van der Waals surface area contributed by atoms with E-state index in [-0.39, 0.29) is 24.5 Å². The maximum Gasteiger partial charge on any atom is 0.322 e. The number of nitrogens with one attached hydrogen (secondary N) is 1. The summed E-state index contributed by atoms with van der Waals surface area (Å²) < 4.78 is 13.4. The first kappa shape index (κ1) is 16.1. The van der Waals surface area contributed by atoms with Crippen molar-refractivity contribution in [1.29, 1.82) is 0 Å². The van der Waals surface area contributed by atoms with E-state index in [0.717, 1.165) is 29.9 Å². The van der Waals surface area contributed by atoms with Crippen LogP contribution in [0.25, 0.3) is 0 Å². The van der Waals surface area contributed by atoms with Gasteiger partial charge in [0.25, 0.3) is 0 Å². The van der Waals surface area contributed by atoms with E-state index in [9.17, 15) is 14.3 Å². The lowest BCUT2D eigenvalue weighted by atomic mass is 10.1. The molecule has 0 bridgehead atoms. The average Bonchev–Trinajstić information content (AvgIpc) is 2.44. The van der Waals surface area contributed by atoms with Crippen LogP contribution in [0.15, 0.2) is 18.2 Å². The van der Waals surface area contributed by atoms with Gasteiger partial charge in [-0.1, -0.05) is 0 Å². The van der Waals surface area contributed by atoms with Crippen LogP contribution in [0.2, 0.25) is 0 Å². The van der Waals surface area contributed by atoms with Crippen molar-refractivity contribution in [2.75, 3.05) is 30.0 Å². The van der Waals surface area contributed by atoms with Crippen LogP contribution < -0.4 is 5.32 Å². The molecule has 21 heavy (non-hydrogen) atoms. The smallest absolute Gasteiger partial charge is 0.322 e. The minimum absolute atomic E-state index is 0.0702. The van der Waals surface area contributed by atoms with Gasteiger partial charge in [0.1, 0.15) is 5.82 Å². The average molecular weight is 312 g/mol. The number of hydrogen-bond acceptors (Lipinski definition) is 3. The number of rotatable bonds is 4. The molecule has 1 aliphatic heterocycles. The van der Waals surface area contributed by atoms with Gasteiger partial charge in [0.05, 0.1) is 6.61 Å². The summed E-state index contributed by atoms with van der Waals surface area (Å²) >= 11 is 1.88. The second-order valence-electron chi connectivity index (χ2n) is 5.21. The van der Waals surface area contributed by atoms with E-state index in [1.807, 2.05) is 11.8 Å². The summed E-state index contributed by atoms with van der Waals surface area (Å²) in [4.78, 5) is 14.1. The number of hydrogen-bond donors (Lipinski definition) is 2. The molecule has 6 heteroatoms. The number of anilines is 1. The fourth-order valence-corrected chi connectivity index (χ4v) is 3.64. The first-order valence-electron chi connectivity index (χ1n) is 7.13. The number of halogens is 1. The standard InChI is InChI=1S/C15H21FN2O2S/c1-11-8-12(16)10-13(9-11)17-15(20)18(4-5-19)14-2-6-21-7-3-14/h8-10,14,19H,2-7H2,1H3,(H,17,20). The van der Waals surface area contributed by atoms with Crippen LogP contribution in [0, 0.1) is 12.7 Å². The number of carbonyl (C=O) groups excluding carboxylic acids is 1. The minimum Gasteiger partial charge on any atom is -0.395 e. The molecular weight excluding hydrogens is 291 g/mol. The quantitative estimate of drug-likeness (QED) is 0.899. The third-order valence-corrected chi connectivity index (χ3v) is 4.58. The van der Waals surface area contributed by atoms with Gasteiger partial charge in [-0.05, 0) is 55.0 Å². The molecule has 0 unspecified atom stereocenters. The molecule has 0 radical (unpaired) electrons. The van der Waals surface area contributed by atoms with E-state index < -0.39 is 0 Å². The Morgan fingerprint density at radius 2 is 2.14 bits per heavy atom. The molecular formula is C15H21FN2O2S. The molecule has 0 atom stereocenters. The van der Waals surface area contributed by atoms with Crippen LogP contribution in [-0.2, 0) is 0 Å². The molecule has 2 N–H and O–H groups in total. The number of aliphatic hydroxyl groups excluding tert-OH is 1. The van der Waals surface area contributed by atoms with Crippen LogP contribution >= 0.6 is 11.8 Å². The number of benzene rings is 1. The Morgan fingerprint density at radius 3 is 2.76 bits per heavy atom. The molecule has 2 rings (SSSR count). The largest absolute Gasteiger partial charge is 0.395 e. The predicted octanol–water partition coefficient (Wildman–Crippen LogP) is 2.86. The monoisotopic (exact) mass is 312 g/mol. The van der Waals surface area contributed by atoms with Gasteiger partial charge in [0, 0.05) is 18.3 Å². The highest BCUT2D eigenvalue weighted by Crippen LogP contribution is 2.23. The Bertz CT molecular complexity index is 472. The summed E-state index contributed by atoms with van der Waals surface area (Å²) in [6.07, 6.45) is 1.86. The zero-order chi connectivity index (χ0) is 15.2. The lowest BCUT2D eigenvalue weighted by molar-refractivity contribution is 0.158. The van der Waals surface area contributed by atoms with Crippen molar-refractivity contribution in [3.63, 3.8) is 0 Å². The number of urea groups is 1. The molecule has 1 aromatic carbocycles. The van der Waals surface area contributed by atoms with Crippen molar-refractivity contribution in [2.45, 2.75) is 25.8 Å². The molecule has 2 amide bonds. The highest BCUT2D eigenvalue weighted by molar-refractivity contribution is 7.99. The Labute approximate surface area is 128 Å². The van der Waals surface area contributed by atoms with Crippen molar-refractivity contribution in [2.24, 2.45) is 0 Å². The van der Waals surface area contributed by atoms with Gasteiger partial charge in [0.15, 0.2) is 0 Å². The molecule has 1 fully saturated rings. The number of aryl methyl sites for hydroxylation is 1. The third-order valence-electron chi connectivity index (χ3n) is 3.53. The van der Waals surface area contributed by atoms with Crippen LogP contribution in [0.3, 0.4) is 0 Å². The SMILES string of the molecule is Cc1cc(F)cc(NC(=O)N(CCO)C2CCSCC2)c1. The number of carbonyl (C=O) groups is 1. The van der Waals surface area contributed by atoms with Gasteiger partial charge in [-0.3, -0.25) is 0 Å². The summed E-state index contributed by atoms with van der Waals surface area (Å²) in [5, 5.41) is 11.9. The van der Waals surface area contributed by atoms with Crippen LogP contribution in [0.4, 0.5) is 14.9 Å². The van der Waals surface area contributed by atoms with Gasteiger partial charge < -0.3 is 15.3 Å². The van der Waals surface area contributed by atoms with Crippen molar-refractivity contribution < 1.29 is 14.3 Å². The van der Waals surface area contributed by atoms with Gasteiger partial charge >= 0.3 is 6.03 Å².